The van der Waals surface area contributed by atoms with Gasteiger partial charge in [-0.05, 0) is 30.5 Å². The van der Waals surface area contributed by atoms with E-state index >= 15 is 0 Å². The molecule has 0 saturated carbocycles. The summed E-state index contributed by atoms with van der Waals surface area (Å²) in [4.78, 5) is 24.7. The zero-order valence-corrected chi connectivity index (χ0v) is 14.9. The van der Waals surface area contributed by atoms with Gasteiger partial charge in [-0.1, -0.05) is 13.0 Å². The summed E-state index contributed by atoms with van der Waals surface area (Å²) < 4.78 is 63.2. The lowest BCUT2D eigenvalue weighted by Crippen LogP contribution is -2.47. The molecule has 1 heterocycles. The third-order valence-corrected chi connectivity index (χ3v) is 5.74. The van der Waals surface area contributed by atoms with Crippen LogP contribution < -0.4 is 0 Å². The van der Waals surface area contributed by atoms with E-state index in [9.17, 15) is 31.2 Å². The molecule has 0 aliphatic carbocycles. The van der Waals surface area contributed by atoms with E-state index in [0.717, 1.165) is 17.2 Å². The molecule has 1 fully saturated rings. The van der Waals surface area contributed by atoms with E-state index in [1.54, 1.807) is 6.92 Å². The Morgan fingerprint density at radius 1 is 1.31 bits per heavy atom. The summed E-state index contributed by atoms with van der Waals surface area (Å²) in [6.07, 6.45) is -4.43. The van der Waals surface area contributed by atoms with Gasteiger partial charge in [-0.25, -0.2) is 8.42 Å². The Hall–Kier alpha value is -2.10. The highest BCUT2D eigenvalue weighted by molar-refractivity contribution is 7.90. The van der Waals surface area contributed by atoms with Crippen LogP contribution in [-0.4, -0.2) is 55.8 Å². The Kier molecular flexibility index (Phi) is 5.10. The maximum absolute atomic E-state index is 13.3. The standard InChI is InChI=1S/C16H18F3NO5S/c1-3-10-4-5-11(26(2,24)25)8-12(10)13(21)20-7-6-15(9-20,14(22)23)16(17,18)19/h4-5,8H,3,6-7,9H2,1-2H3,(H,22,23). The molecule has 1 aliphatic heterocycles. The highest BCUT2D eigenvalue weighted by Crippen LogP contribution is 2.46. The van der Waals surface area contributed by atoms with E-state index in [4.69, 9.17) is 5.11 Å². The number of likely N-dealkylation sites (tertiary alicyclic amines) is 1. The molecule has 144 valence electrons. The lowest BCUT2D eigenvalue weighted by atomic mass is 9.86. The van der Waals surface area contributed by atoms with Crippen LogP contribution in [0.4, 0.5) is 13.2 Å². The van der Waals surface area contributed by atoms with Gasteiger partial charge in [0.15, 0.2) is 15.3 Å². The Balaban J connectivity index is 2.43. The molecule has 1 saturated heterocycles. The number of aryl methyl sites for hydroxylation is 1. The van der Waals surface area contributed by atoms with Crippen LogP contribution in [0.25, 0.3) is 0 Å². The number of nitrogens with zero attached hydrogens (tertiary/aromatic N) is 1. The van der Waals surface area contributed by atoms with E-state index in [1.165, 1.54) is 12.1 Å². The molecule has 1 aromatic carbocycles. The number of carboxylic acid groups (broad SMARTS) is 1. The Morgan fingerprint density at radius 2 is 1.92 bits per heavy atom. The van der Waals surface area contributed by atoms with Crippen LogP contribution in [0.1, 0.15) is 29.3 Å². The molecule has 10 heteroatoms. The van der Waals surface area contributed by atoms with Crippen molar-refractivity contribution in [1.82, 2.24) is 4.90 Å². The van der Waals surface area contributed by atoms with Gasteiger partial charge in [-0.15, -0.1) is 0 Å². The second kappa shape index (κ2) is 6.57. The summed E-state index contributed by atoms with van der Waals surface area (Å²) in [6, 6.07) is 3.89. The van der Waals surface area contributed by atoms with Gasteiger partial charge in [-0.3, -0.25) is 9.59 Å². The van der Waals surface area contributed by atoms with Crippen LogP contribution in [0, 0.1) is 5.41 Å². The molecule has 0 bridgehead atoms. The summed E-state index contributed by atoms with van der Waals surface area (Å²) in [5, 5.41) is 9.08. The highest BCUT2D eigenvalue weighted by atomic mass is 32.2. The first-order chi connectivity index (χ1) is 11.8. The Morgan fingerprint density at radius 3 is 2.35 bits per heavy atom. The van der Waals surface area contributed by atoms with Crippen LogP contribution in [0.3, 0.4) is 0 Å². The van der Waals surface area contributed by atoms with Crippen molar-refractivity contribution in [3.8, 4) is 0 Å². The quantitative estimate of drug-likeness (QED) is 0.846. The number of carbonyl (C=O) groups excluding carboxylic acids is 1. The van der Waals surface area contributed by atoms with Crippen LogP contribution in [0.5, 0.6) is 0 Å². The molecule has 1 amide bonds. The van der Waals surface area contributed by atoms with Gasteiger partial charge < -0.3 is 10.0 Å². The minimum Gasteiger partial charge on any atom is -0.481 e. The largest absolute Gasteiger partial charge is 0.481 e. The van der Waals surface area contributed by atoms with E-state index in [1.807, 2.05) is 0 Å². The minimum absolute atomic E-state index is 0.0289. The second-order valence-electron chi connectivity index (χ2n) is 6.31. The summed E-state index contributed by atoms with van der Waals surface area (Å²) in [7, 11) is -3.61. The zero-order chi connectivity index (χ0) is 19.9. The topological polar surface area (TPSA) is 91.8 Å². The molecule has 0 spiro atoms. The van der Waals surface area contributed by atoms with Crippen LogP contribution in [0.15, 0.2) is 23.1 Å². The number of sulfone groups is 1. The van der Waals surface area contributed by atoms with E-state index in [-0.39, 0.29) is 17.0 Å². The average Bonchev–Trinajstić information content (AvgIpc) is 2.99. The lowest BCUT2D eigenvalue weighted by molar-refractivity contribution is -0.227. The van der Waals surface area contributed by atoms with Gasteiger partial charge in [0.05, 0.1) is 4.90 Å². The third-order valence-electron chi connectivity index (χ3n) is 4.63. The first kappa shape index (κ1) is 20.2. The second-order valence-corrected chi connectivity index (χ2v) is 8.32. The molecule has 1 aliphatic rings. The summed E-state index contributed by atoms with van der Waals surface area (Å²) in [5.74, 6) is -2.83. The highest BCUT2D eigenvalue weighted by Gasteiger charge is 2.64. The van der Waals surface area contributed by atoms with Crippen molar-refractivity contribution in [3.05, 3.63) is 29.3 Å². The monoisotopic (exact) mass is 393 g/mol. The molecule has 6 nitrogen and oxygen atoms in total. The van der Waals surface area contributed by atoms with Crippen molar-refractivity contribution < 1.29 is 36.3 Å². The Labute approximate surface area is 148 Å². The number of aliphatic carboxylic acids is 1. The lowest BCUT2D eigenvalue weighted by Gasteiger charge is -2.27. The number of alkyl halides is 3. The van der Waals surface area contributed by atoms with Crippen molar-refractivity contribution in [2.75, 3.05) is 19.3 Å². The fourth-order valence-corrected chi connectivity index (χ4v) is 3.62. The van der Waals surface area contributed by atoms with E-state index in [2.05, 4.69) is 0 Å². The van der Waals surface area contributed by atoms with Crippen molar-refractivity contribution in [2.24, 2.45) is 5.41 Å². The maximum atomic E-state index is 13.3. The van der Waals surface area contributed by atoms with Crippen molar-refractivity contribution in [1.29, 1.82) is 0 Å². The normalized spacial score (nSPS) is 21.0. The molecule has 1 atom stereocenters. The SMILES string of the molecule is CCc1ccc(S(C)(=O)=O)cc1C(=O)N1CCC(C(=O)O)(C(F)(F)F)C1. The van der Waals surface area contributed by atoms with Crippen molar-refractivity contribution in [3.63, 3.8) is 0 Å². The molecular formula is C16H18F3NO5S. The molecular weight excluding hydrogens is 375 g/mol. The molecule has 0 aromatic heterocycles. The number of amides is 1. The predicted molar refractivity (Wildman–Crippen MR) is 85.6 cm³/mol. The number of halogens is 3. The predicted octanol–water partition coefficient (Wildman–Crippen LogP) is 2.13. The molecule has 1 unspecified atom stereocenters. The fourth-order valence-electron chi connectivity index (χ4n) is 2.97. The summed E-state index contributed by atoms with van der Waals surface area (Å²) >= 11 is 0. The number of rotatable bonds is 4. The van der Waals surface area contributed by atoms with E-state index in [0.29, 0.717) is 12.0 Å². The number of hydrogen-bond donors (Lipinski definition) is 1. The van der Waals surface area contributed by atoms with E-state index < -0.39 is 46.3 Å². The minimum atomic E-state index is -5.00. The van der Waals surface area contributed by atoms with Gasteiger partial charge in [0.25, 0.3) is 5.91 Å². The molecule has 26 heavy (non-hydrogen) atoms. The van der Waals surface area contributed by atoms with Crippen LogP contribution in [-0.2, 0) is 21.1 Å². The number of carbonyl (C=O) groups is 2. The van der Waals surface area contributed by atoms with Gasteiger partial charge in [0.1, 0.15) is 0 Å². The maximum Gasteiger partial charge on any atom is 0.406 e. The fraction of sp³-hybridized carbons (Fsp3) is 0.500. The average molecular weight is 393 g/mol. The van der Waals surface area contributed by atoms with Crippen molar-refractivity contribution in [2.45, 2.75) is 30.8 Å². The van der Waals surface area contributed by atoms with Crippen LogP contribution in [0.2, 0.25) is 0 Å². The molecule has 1 aromatic rings. The third kappa shape index (κ3) is 3.42. The van der Waals surface area contributed by atoms with Crippen molar-refractivity contribution >= 4 is 21.7 Å². The number of carboxylic acids is 1. The summed E-state index contributed by atoms with van der Waals surface area (Å²) in [5.41, 5.74) is -2.57. The van der Waals surface area contributed by atoms with Gasteiger partial charge in [-0.2, -0.15) is 13.2 Å². The first-order valence-corrected chi connectivity index (χ1v) is 9.65. The Bertz CT molecular complexity index is 850. The summed E-state index contributed by atoms with van der Waals surface area (Å²) in [6.45, 7) is 0.335. The first-order valence-electron chi connectivity index (χ1n) is 7.76. The van der Waals surface area contributed by atoms with Gasteiger partial charge in [0, 0.05) is 24.9 Å². The molecule has 1 N–H and O–H groups in total. The number of hydrogen-bond acceptors (Lipinski definition) is 4. The molecule has 0 radical (unpaired) electrons. The van der Waals surface area contributed by atoms with Gasteiger partial charge in [0.2, 0.25) is 0 Å². The molecule has 2 rings (SSSR count). The smallest absolute Gasteiger partial charge is 0.406 e. The van der Waals surface area contributed by atoms with Crippen LogP contribution >= 0.6 is 0 Å². The number of benzene rings is 1. The van der Waals surface area contributed by atoms with Gasteiger partial charge >= 0.3 is 12.1 Å². The zero-order valence-electron chi connectivity index (χ0n) is 14.1.